The highest BCUT2D eigenvalue weighted by atomic mass is 16.7. The maximum atomic E-state index is 11.0. The number of hydrogen-bond donors (Lipinski definition) is 4. The number of hydrogen-bond acceptors (Lipinski definition) is 5. The summed E-state index contributed by atoms with van der Waals surface area (Å²) < 4.78 is 9.71. The number of carboxylic acid groups (broad SMARTS) is 2. The molecule has 8 nitrogen and oxygen atoms in total. The van der Waals surface area contributed by atoms with Crippen molar-refractivity contribution in [1.29, 1.82) is 0 Å². The molecule has 8 heteroatoms. The lowest BCUT2D eigenvalue weighted by Crippen LogP contribution is -2.54. The molecule has 0 spiro atoms. The Balaban J connectivity index is 2.12. The zero-order valence-corrected chi connectivity index (χ0v) is 11.6. The van der Waals surface area contributed by atoms with E-state index >= 15 is 0 Å². The third-order valence-corrected chi connectivity index (χ3v) is 3.65. The van der Waals surface area contributed by atoms with Gasteiger partial charge in [-0.1, -0.05) is 18.2 Å². The van der Waals surface area contributed by atoms with Gasteiger partial charge in [0.05, 0.1) is 5.69 Å². The molecule has 2 heterocycles. The van der Waals surface area contributed by atoms with Crippen molar-refractivity contribution in [2.24, 2.45) is 0 Å². The fraction of sp³-hybridized carbons (Fsp3) is 0.286. The van der Waals surface area contributed by atoms with E-state index in [1.165, 1.54) is 6.92 Å². The molecule has 0 amide bonds. The average molecular weight is 306 g/mol. The molecular weight excluding hydrogens is 292 g/mol. The molecule has 22 heavy (non-hydrogen) atoms. The molecule has 0 bridgehead atoms. The zero-order chi connectivity index (χ0) is 15.9. The molecule has 2 atom stereocenters. The molecule has 0 saturated heterocycles. The van der Waals surface area contributed by atoms with Crippen LogP contribution in [0.25, 0.3) is 10.9 Å². The van der Waals surface area contributed by atoms with E-state index in [4.69, 9.17) is 19.7 Å². The number of rotatable bonds is 2. The minimum atomic E-state index is -1.48. The Bertz CT molecular complexity index is 755. The summed E-state index contributed by atoms with van der Waals surface area (Å²) in [5.41, 5.74) is 0.689. The Morgan fingerprint density at radius 3 is 2.68 bits per heavy atom. The van der Waals surface area contributed by atoms with Crippen LogP contribution in [0.5, 0.6) is 0 Å². The normalized spacial score (nSPS) is 23.8. The van der Waals surface area contributed by atoms with Crippen LogP contribution < -0.4 is 5.32 Å². The highest BCUT2D eigenvalue weighted by Gasteiger charge is 2.43. The third-order valence-electron chi connectivity index (χ3n) is 3.65. The second-order valence-corrected chi connectivity index (χ2v) is 5.15. The molecule has 2 unspecified atom stereocenters. The number of ether oxygens (including phenoxy) is 2. The molecule has 1 aliphatic heterocycles. The first-order chi connectivity index (χ1) is 10.4. The second kappa shape index (κ2) is 4.92. The highest BCUT2D eigenvalue weighted by Crippen LogP contribution is 2.36. The zero-order valence-electron chi connectivity index (χ0n) is 11.6. The van der Waals surface area contributed by atoms with Crippen molar-refractivity contribution in [3.8, 4) is 0 Å². The van der Waals surface area contributed by atoms with Crippen LogP contribution in [0.1, 0.15) is 18.2 Å². The van der Waals surface area contributed by atoms with Gasteiger partial charge in [-0.15, -0.1) is 0 Å². The van der Waals surface area contributed by atoms with Crippen LogP contribution >= 0.6 is 0 Å². The van der Waals surface area contributed by atoms with Crippen molar-refractivity contribution in [3.05, 3.63) is 35.5 Å². The van der Waals surface area contributed by atoms with E-state index in [0.29, 0.717) is 5.69 Å². The lowest BCUT2D eigenvalue weighted by molar-refractivity contribution is -0.0848. The molecule has 0 aliphatic carbocycles. The Morgan fingerprint density at radius 1 is 1.27 bits per heavy atom. The monoisotopic (exact) mass is 306 g/mol. The van der Waals surface area contributed by atoms with Crippen LogP contribution in [0.3, 0.4) is 0 Å². The summed E-state index contributed by atoms with van der Waals surface area (Å²) in [5, 5.41) is 21.4. The first-order valence-electron chi connectivity index (χ1n) is 6.58. The van der Waals surface area contributed by atoms with Gasteiger partial charge in [0.15, 0.2) is 6.23 Å². The molecule has 1 aliphatic rings. The lowest BCUT2D eigenvalue weighted by atomic mass is 9.96. The molecule has 0 fully saturated rings. The Hall–Kier alpha value is -2.74. The maximum Gasteiger partial charge on any atom is 0.507 e. The summed E-state index contributed by atoms with van der Waals surface area (Å²) in [5.74, 6) is 0. The van der Waals surface area contributed by atoms with Crippen LogP contribution in [-0.2, 0) is 21.6 Å². The minimum absolute atomic E-state index is 0.268. The number of fused-ring (bicyclic) bond motifs is 3. The Labute approximate surface area is 124 Å². The topological polar surface area (TPSA) is 121 Å². The van der Waals surface area contributed by atoms with Crippen molar-refractivity contribution in [1.82, 2.24) is 10.3 Å². The average Bonchev–Trinajstić information content (AvgIpc) is 2.77. The van der Waals surface area contributed by atoms with Crippen LogP contribution in [0.2, 0.25) is 0 Å². The molecule has 0 radical (unpaired) electrons. The van der Waals surface area contributed by atoms with E-state index in [-0.39, 0.29) is 6.42 Å². The van der Waals surface area contributed by atoms with Gasteiger partial charge in [0.1, 0.15) is 0 Å². The molecule has 0 saturated carbocycles. The van der Waals surface area contributed by atoms with Gasteiger partial charge in [-0.25, -0.2) is 14.9 Å². The molecule has 3 rings (SSSR count). The van der Waals surface area contributed by atoms with Crippen LogP contribution in [-0.4, -0.2) is 33.7 Å². The van der Waals surface area contributed by atoms with E-state index in [1.54, 1.807) is 0 Å². The van der Waals surface area contributed by atoms with Crippen molar-refractivity contribution in [2.45, 2.75) is 25.3 Å². The summed E-state index contributed by atoms with van der Waals surface area (Å²) >= 11 is 0. The number of aromatic amines is 1. The first kappa shape index (κ1) is 14.2. The summed E-state index contributed by atoms with van der Waals surface area (Å²) in [6, 6.07) is 7.41. The molecule has 2 aromatic rings. The molecular formula is C14H14N2O6. The van der Waals surface area contributed by atoms with E-state index < -0.39 is 24.3 Å². The first-order valence-corrected chi connectivity index (χ1v) is 6.58. The van der Waals surface area contributed by atoms with Crippen LogP contribution in [0.15, 0.2) is 24.3 Å². The van der Waals surface area contributed by atoms with Gasteiger partial charge in [0.2, 0.25) is 5.72 Å². The smallest absolute Gasteiger partial charge is 0.450 e. The Kier molecular flexibility index (Phi) is 3.18. The number of carbonyl (C=O) groups is 2. The fourth-order valence-corrected chi connectivity index (χ4v) is 2.88. The molecule has 1 aromatic heterocycles. The van der Waals surface area contributed by atoms with Gasteiger partial charge >= 0.3 is 12.3 Å². The third kappa shape index (κ3) is 2.33. The highest BCUT2D eigenvalue weighted by molar-refractivity contribution is 5.85. The number of H-pyrrole nitrogens is 1. The van der Waals surface area contributed by atoms with Gasteiger partial charge < -0.3 is 24.7 Å². The standard InChI is InChI=1S/C14H14N2O6/c1-14(22-13(19)20)11-8(6-10(16-14)21-12(17)18)7-4-2-3-5-9(7)15-11/h2-5,10,15-16H,6H2,1H3,(H,17,18)(H,19,20). The van der Waals surface area contributed by atoms with Crippen molar-refractivity contribution < 1.29 is 29.3 Å². The van der Waals surface area contributed by atoms with Gasteiger partial charge in [0.25, 0.3) is 0 Å². The van der Waals surface area contributed by atoms with Gasteiger partial charge in [-0.3, -0.25) is 0 Å². The summed E-state index contributed by atoms with van der Waals surface area (Å²) in [6.45, 7) is 1.51. The number of aromatic nitrogens is 1. The van der Waals surface area contributed by atoms with E-state index in [9.17, 15) is 9.59 Å². The summed E-state index contributed by atoms with van der Waals surface area (Å²) in [4.78, 5) is 24.9. The molecule has 1 aromatic carbocycles. The Morgan fingerprint density at radius 2 is 2.00 bits per heavy atom. The minimum Gasteiger partial charge on any atom is -0.450 e. The SMILES string of the molecule is CC1(OC(=O)O)NC(OC(=O)O)Cc2c1[nH]c1ccccc21. The van der Waals surface area contributed by atoms with Gasteiger partial charge in [-0.05, 0) is 18.6 Å². The molecule has 4 N–H and O–H groups in total. The number of benzene rings is 1. The molecule has 116 valence electrons. The van der Waals surface area contributed by atoms with E-state index in [0.717, 1.165) is 16.5 Å². The predicted molar refractivity (Wildman–Crippen MR) is 74.5 cm³/mol. The largest absolute Gasteiger partial charge is 0.507 e. The predicted octanol–water partition coefficient (Wildman–Crippen LogP) is 2.20. The lowest BCUT2D eigenvalue weighted by Gasteiger charge is -2.37. The number of para-hydroxylation sites is 1. The van der Waals surface area contributed by atoms with E-state index in [2.05, 4.69) is 10.3 Å². The fourth-order valence-electron chi connectivity index (χ4n) is 2.88. The second-order valence-electron chi connectivity index (χ2n) is 5.15. The number of nitrogens with one attached hydrogen (secondary N) is 2. The van der Waals surface area contributed by atoms with Crippen molar-refractivity contribution in [2.75, 3.05) is 0 Å². The quantitative estimate of drug-likeness (QED) is 0.627. The summed E-state index contributed by atoms with van der Waals surface area (Å²) in [7, 11) is 0. The van der Waals surface area contributed by atoms with Crippen molar-refractivity contribution in [3.63, 3.8) is 0 Å². The van der Waals surface area contributed by atoms with Gasteiger partial charge in [-0.2, -0.15) is 0 Å². The van der Waals surface area contributed by atoms with Crippen molar-refractivity contribution >= 4 is 23.2 Å². The van der Waals surface area contributed by atoms with Crippen LogP contribution in [0.4, 0.5) is 9.59 Å². The van der Waals surface area contributed by atoms with Crippen LogP contribution in [0, 0.1) is 0 Å². The van der Waals surface area contributed by atoms with E-state index in [1.807, 2.05) is 24.3 Å². The van der Waals surface area contributed by atoms with Gasteiger partial charge in [0, 0.05) is 17.3 Å². The maximum absolute atomic E-state index is 11.0. The summed E-state index contributed by atoms with van der Waals surface area (Å²) in [6.07, 6.45) is -3.56.